The Hall–Kier alpha value is -2.23. The number of alkyl halides is 3. The fourth-order valence-corrected chi connectivity index (χ4v) is 4.47. The van der Waals surface area contributed by atoms with Crippen molar-refractivity contribution in [3.63, 3.8) is 0 Å². The number of aliphatic hydroxyl groups is 1. The van der Waals surface area contributed by atoms with Gasteiger partial charge in [0, 0.05) is 38.4 Å². The number of halogens is 5. The molecule has 2 atom stereocenters. The number of fused-ring (bicyclic) bond motifs is 1. The van der Waals surface area contributed by atoms with E-state index >= 15 is 0 Å². The van der Waals surface area contributed by atoms with Crippen LogP contribution in [-0.4, -0.2) is 58.0 Å². The molecule has 2 fully saturated rings. The van der Waals surface area contributed by atoms with Gasteiger partial charge < -0.3 is 10.0 Å². The average molecular weight is 458 g/mol. The molecule has 0 aliphatic carbocycles. The highest BCUT2D eigenvalue weighted by molar-refractivity contribution is 6.34. The topological polar surface area (TPSA) is 56.7 Å². The summed E-state index contributed by atoms with van der Waals surface area (Å²) in [5.74, 6) is -1.01. The number of carbonyl (C=O) groups is 1. The number of rotatable bonds is 2. The van der Waals surface area contributed by atoms with Crippen LogP contribution in [0.2, 0.25) is 5.02 Å². The average Bonchev–Trinajstić information content (AvgIpc) is 2.74. The van der Waals surface area contributed by atoms with E-state index < -0.39 is 23.2 Å². The van der Waals surface area contributed by atoms with Gasteiger partial charge >= 0.3 is 6.18 Å². The Balaban J connectivity index is 1.45. The van der Waals surface area contributed by atoms with Gasteiger partial charge in [-0.1, -0.05) is 17.7 Å². The van der Waals surface area contributed by atoms with Gasteiger partial charge in [0.25, 0.3) is 5.91 Å². The van der Waals surface area contributed by atoms with Crippen molar-refractivity contribution in [3.8, 4) is 0 Å². The van der Waals surface area contributed by atoms with Crippen LogP contribution in [0.5, 0.6) is 0 Å². The molecule has 1 aromatic carbocycles. The highest BCUT2D eigenvalue weighted by Gasteiger charge is 2.43. The van der Waals surface area contributed by atoms with Crippen LogP contribution in [0, 0.1) is 5.82 Å². The molecule has 0 saturated carbocycles. The number of hydrogen-bond donors (Lipinski definition) is 1. The van der Waals surface area contributed by atoms with Crippen LogP contribution in [0.25, 0.3) is 0 Å². The normalized spacial score (nSPS) is 24.7. The number of benzene rings is 1. The first-order valence-electron chi connectivity index (χ1n) is 9.82. The molecule has 1 amide bonds. The van der Waals surface area contributed by atoms with E-state index in [0.717, 1.165) is 12.3 Å². The molecule has 0 unspecified atom stereocenters. The second-order valence-electron chi connectivity index (χ2n) is 7.98. The lowest BCUT2D eigenvalue weighted by atomic mass is 9.84. The Morgan fingerprint density at radius 1 is 1.23 bits per heavy atom. The molecule has 2 aliphatic heterocycles. The van der Waals surface area contributed by atoms with Crippen molar-refractivity contribution < 1.29 is 27.5 Å². The first kappa shape index (κ1) is 22.0. The smallest absolute Gasteiger partial charge is 0.382 e. The largest absolute Gasteiger partial charge is 0.417 e. The Kier molecular flexibility index (Phi) is 5.70. The molecule has 4 rings (SSSR count). The summed E-state index contributed by atoms with van der Waals surface area (Å²) in [6, 6.07) is 6.22. The molecular weight excluding hydrogens is 438 g/mol. The molecule has 0 bridgehead atoms. The van der Waals surface area contributed by atoms with Crippen molar-refractivity contribution in [3.05, 3.63) is 64.2 Å². The van der Waals surface area contributed by atoms with E-state index in [-0.39, 0.29) is 34.8 Å². The fourth-order valence-electron chi connectivity index (χ4n) is 4.26. The van der Waals surface area contributed by atoms with Gasteiger partial charge in [0.1, 0.15) is 11.4 Å². The second-order valence-corrected chi connectivity index (χ2v) is 8.35. The summed E-state index contributed by atoms with van der Waals surface area (Å²) < 4.78 is 52.0. The van der Waals surface area contributed by atoms with Crippen LogP contribution in [0.1, 0.15) is 34.5 Å². The molecule has 1 N–H and O–H groups in total. The third kappa shape index (κ3) is 4.26. The minimum atomic E-state index is -4.49. The second kappa shape index (κ2) is 8.03. The van der Waals surface area contributed by atoms with E-state index in [9.17, 15) is 27.5 Å². The third-order valence-corrected chi connectivity index (χ3v) is 6.38. The molecule has 2 aliphatic rings. The van der Waals surface area contributed by atoms with E-state index in [4.69, 9.17) is 11.6 Å². The Morgan fingerprint density at radius 3 is 2.68 bits per heavy atom. The Morgan fingerprint density at radius 2 is 2.00 bits per heavy atom. The molecule has 31 heavy (non-hydrogen) atoms. The maximum atomic E-state index is 13.7. The van der Waals surface area contributed by atoms with E-state index in [1.54, 1.807) is 4.90 Å². The van der Waals surface area contributed by atoms with Crippen LogP contribution in [0.3, 0.4) is 0 Å². The zero-order valence-corrected chi connectivity index (χ0v) is 17.1. The molecule has 10 heteroatoms. The zero-order chi connectivity index (χ0) is 22.4. The molecule has 0 spiro atoms. The van der Waals surface area contributed by atoms with Gasteiger partial charge in [0.2, 0.25) is 0 Å². The van der Waals surface area contributed by atoms with Gasteiger partial charge in [-0.2, -0.15) is 13.2 Å². The molecule has 166 valence electrons. The lowest BCUT2D eigenvalue weighted by Gasteiger charge is -2.49. The van der Waals surface area contributed by atoms with Crippen molar-refractivity contribution in [2.24, 2.45) is 0 Å². The monoisotopic (exact) mass is 457 g/mol. The number of piperazine rings is 1. The predicted molar refractivity (Wildman–Crippen MR) is 105 cm³/mol. The Bertz CT molecular complexity index is 986. The van der Waals surface area contributed by atoms with Crippen molar-refractivity contribution >= 4 is 17.5 Å². The number of aromatic nitrogens is 1. The van der Waals surface area contributed by atoms with Gasteiger partial charge in [-0.05, 0) is 37.1 Å². The molecule has 1 aromatic heterocycles. The van der Waals surface area contributed by atoms with E-state index in [1.807, 2.05) is 4.90 Å². The van der Waals surface area contributed by atoms with Crippen molar-refractivity contribution in [2.45, 2.75) is 30.7 Å². The van der Waals surface area contributed by atoms with E-state index in [2.05, 4.69) is 4.98 Å². The maximum absolute atomic E-state index is 13.7. The number of pyridine rings is 1. The number of amides is 1. The summed E-state index contributed by atoms with van der Waals surface area (Å²) >= 11 is 5.95. The minimum absolute atomic E-state index is 0.0280. The SMILES string of the molecule is O=C(c1cccc(F)c1Cl)N1CCN2C[C@](O)(c3ccc(C(F)(F)F)cn3)CC[C@H]2C1. The predicted octanol–water partition coefficient (Wildman–Crippen LogP) is 3.70. The summed E-state index contributed by atoms with van der Waals surface area (Å²) in [5, 5.41) is 10.9. The molecule has 5 nitrogen and oxygen atoms in total. The first-order valence-corrected chi connectivity index (χ1v) is 10.2. The number of nitrogens with zero attached hydrogens (tertiary/aromatic N) is 3. The van der Waals surface area contributed by atoms with Crippen LogP contribution >= 0.6 is 11.6 Å². The van der Waals surface area contributed by atoms with Crippen molar-refractivity contribution in [2.75, 3.05) is 26.2 Å². The summed E-state index contributed by atoms with van der Waals surface area (Å²) in [4.78, 5) is 20.3. The zero-order valence-electron chi connectivity index (χ0n) is 16.4. The van der Waals surface area contributed by atoms with Crippen LogP contribution < -0.4 is 0 Å². The third-order valence-electron chi connectivity index (χ3n) is 6.00. The standard InChI is InChI=1S/C21H20ClF4N3O2/c22-18-15(2-1-3-16(18)23)19(30)28-8-9-29-12-20(31,7-6-14(29)11-28)17-5-4-13(10-27-17)21(24,25)26/h1-5,10,14,31H,6-9,11-12H2/t14-,20-/m0/s1. The van der Waals surface area contributed by atoms with Gasteiger partial charge in [-0.15, -0.1) is 0 Å². The van der Waals surface area contributed by atoms with Crippen molar-refractivity contribution in [1.29, 1.82) is 0 Å². The van der Waals surface area contributed by atoms with Gasteiger partial charge in [0.05, 0.1) is 21.8 Å². The number of piperidine rings is 1. The molecule has 2 saturated heterocycles. The number of carbonyl (C=O) groups excluding carboxylic acids is 1. The maximum Gasteiger partial charge on any atom is 0.417 e. The quantitative estimate of drug-likeness (QED) is 0.699. The van der Waals surface area contributed by atoms with Crippen LogP contribution in [0.4, 0.5) is 17.6 Å². The van der Waals surface area contributed by atoms with Gasteiger partial charge in [-0.3, -0.25) is 14.7 Å². The van der Waals surface area contributed by atoms with E-state index in [0.29, 0.717) is 32.5 Å². The molecule has 3 heterocycles. The first-order chi connectivity index (χ1) is 14.6. The van der Waals surface area contributed by atoms with E-state index in [1.165, 1.54) is 24.3 Å². The minimum Gasteiger partial charge on any atom is -0.382 e. The summed E-state index contributed by atoms with van der Waals surface area (Å²) in [6.07, 6.45) is -2.92. The molecular formula is C21H20ClF4N3O2. The Labute approximate surface area is 181 Å². The van der Waals surface area contributed by atoms with Gasteiger partial charge in [-0.25, -0.2) is 4.39 Å². The fraction of sp³-hybridized carbons (Fsp3) is 0.429. The highest BCUT2D eigenvalue weighted by Crippen LogP contribution is 2.36. The van der Waals surface area contributed by atoms with Gasteiger partial charge in [0.15, 0.2) is 0 Å². The summed E-state index contributed by atoms with van der Waals surface area (Å²) in [6.45, 7) is 1.42. The highest BCUT2D eigenvalue weighted by atomic mass is 35.5. The van der Waals surface area contributed by atoms with Crippen molar-refractivity contribution in [1.82, 2.24) is 14.8 Å². The lowest BCUT2D eigenvalue weighted by Crippen LogP contribution is -2.60. The van der Waals surface area contributed by atoms with Crippen LogP contribution in [0.15, 0.2) is 36.5 Å². The number of hydrogen-bond acceptors (Lipinski definition) is 4. The van der Waals surface area contributed by atoms with Crippen LogP contribution in [-0.2, 0) is 11.8 Å². The molecule has 2 aromatic rings. The summed E-state index contributed by atoms with van der Waals surface area (Å²) in [5.41, 5.74) is -1.92. The summed E-state index contributed by atoms with van der Waals surface area (Å²) in [7, 11) is 0. The molecule has 0 radical (unpaired) electrons. The lowest BCUT2D eigenvalue weighted by molar-refractivity contribution is -0.138.